The Morgan fingerprint density at radius 3 is 2.70 bits per heavy atom. The third kappa shape index (κ3) is 6.71. The van der Waals surface area contributed by atoms with Crippen LogP contribution in [0.1, 0.15) is 36.6 Å². The van der Waals surface area contributed by atoms with E-state index in [4.69, 9.17) is 10.00 Å². The molecule has 5 nitrogen and oxygen atoms in total. The molecule has 1 atom stereocenters. The Morgan fingerprint density at radius 1 is 1.30 bits per heavy atom. The maximum Gasteiger partial charge on any atom is 0.192 e. The number of benzene rings is 2. The standard InChI is InChI=1S/C20H23FN4O.HI/c1-4-23-20(24-13-16-7-5-6-15(10-16)12-22)25-14(2)17-8-9-19(26-3)18(21)11-17;/h5-11,14H,4,13H2,1-3H3,(H2,23,24,25);1H. The Morgan fingerprint density at radius 2 is 2.07 bits per heavy atom. The van der Waals surface area contributed by atoms with Gasteiger partial charge in [0.25, 0.3) is 0 Å². The van der Waals surface area contributed by atoms with Gasteiger partial charge in [-0.3, -0.25) is 0 Å². The van der Waals surface area contributed by atoms with Crippen LogP contribution in [0.2, 0.25) is 0 Å². The van der Waals surface area contributed by atoms with Gasteiger partial charge in [0.15, 0.2) is 17.5 Å². The second-order valence-electron chi connectivity index (χ2n) is 5.77. The van der Waals surface area contributed by atoms with Gasteiger partial charge in [0, 0.05) is 6.54 Å². The molecule has 0 fully saturated rings. The van der Waals surface area contributed by atoms with Crippen molar-refractivity contribution in [3.8, 4) is 11.8 Å². The summed E-state index contributed by atoms with van der Waals surface area (Å²) in [5.74, 6) is 0.450. The van der Waals surface area contributed by atoms with Gasteiger partial charge in [0.2, 0.25) is 0 Å². The van der Waals surface area contributed by atoms with E-state index in [0.29, 0.717) is 24.6 Å². The number of halogens is 2. The molecule has 0 radical (unpaired) electrons. The molecule has 0 saturated carbocycles. The number of nitriles is 1. The van der Waals surface area contributed by atoms with Crippen LogP contribution in [0.5, 0.6) is 5.75 Å². The summed E-state index contributed by atoms with van der Waals surface area (Å²) in [4.78, 5) is 4.55. The zero-order chi connectivity index (χ0) is 18.9. The molecule has 0 saturated heterocycles. The van der Waals surface area contributed by atoms with Crippen molar-refractivity contribution in [2.45, 2.75) is 26.4 Å². The van der Waals surface area contributed by atoms with E-state index in [-0.39, 0.29) is 35.8 Å². The first-order valence-corrected chi connectivity index (χ1v) is 8.44. The molecular formula is C20H24FIN4O. The molecule has 144 valence electrons. The Balaban J connectivity index is 0.00000364. The molecule has 0 aliphatic heterocycles. The van der Waals surface area contributed by atoms with E-state index < -0.39 is 5.82 Å². The number of nitrogens with zero attached hydrogens (tertiary/aromatic N) is 2. The molecule has 7 heteroatoms. The average molecular weight is 482 g/mol. The number of guanidine groups is 1. The molecule has 2 aromatic carbocycles. The highest BCUT2D eigenvalue weighted by Crippen LogP contribution is 2.21. The smallest absolute Gasteiger partial charge is 0.192 e. The van der Waals surface area contributed by atoms with Crippen molar-refractivity contribution in [3.63, 3.8) is 0 Å². The summed E-state index contributed by atoms with van der Waals surface area (Å²) in [5, 5.41) is 15.4. The lowest BCUT2D eigenvalue weighted by molar-refractivity contribution is 0.386. The maximum atomic E-state index is 13.9. The number of aliphatic imine (C=N–C) groups is 1. The highest BCUT2D eigenvalue weighted by Gasteiger charge is 2.11. The third-order valence-electron chi connectivity index (χ3n) is 3.85. The zero-order valence-corrected chi connectivity index (χ0v) is 18.0. The molecule has 2 rings (SSSR count). The summed E-state index contributed by atoms with van der Waals surface area (Å²) >= 11 is 0. The van der Waals surface area contributed by atoms with Crippen molar-refractivity contribution in [2.24, 2.45) is 4.99 Å². The predicted molar refractivity (Wildman–Crippen MR) is 116 cm³/mol. The molecule has 0 heterocycles. The summed E-state index contributed by atoms with van der Waals surface area (Å²) < 4.78 is 18.9. The van der Waals surface area contributed by atoms with Crippen LogP contribution in [0.15, 0.2) is 47.5 Å². The fourth-order valence-corrected chi connectivity index (χ4v) is 2.47. The topological polar surface area (TPSA) is 69.4 Å². The summed E-state index contributed by atoms with van der Waals surface area (Å²) in [7, 11) is 1.44. The van der Waals surface area contributed by atoms with E-state index in [1.54, 1.807) is 12.1 Å². The summed E-state index contributed by atoms with van der Waals surface area (Å²) in [6.07, 6.45) is 0. The van der Waals surface area contributed by atoms with Gasteiger partial charge in [-0.25, -0.2) is 9.38 Å². The second-order valence-corrected chi connectivity index (χ2v) is 5.77. The van der Waals surface area contributed by atoms with Crippen molar-refractivity contribution in [3.05, 3.63) is 65.0 Å². The highest BCUT2D eigenvalue weighted by atomic mass is 127. The van der Waals surface area contributed by atoms with Gasteiger partial charge in [0.1, 0.15) is 0 Å². The van der Waals surface area contributed by atoms with Crippen molar-refractivity contribution < 1.29 is 9.13 Å². The van der Waals surface area contributed by atoms with Crippen molar-refractivity contribution >= 4 is 29.9 Å². The van der Waals surface area contributed by atoms with Crippen LogP contribution in [0.25, 0.3) is 0 Å². The first-order chi connectivity index (χ1) is 12.6. The van der Waals surface area contributed by atoms with E-state index in [2.05, 4.69) is 21.7 Å². The molecule has 0 aliphatic carbocycles. The lowest BCUT2D eigenvalue weighted by atomic mass is 10.1. The molecule has 2 N–H and O–H groups in total. The van der Waals surface area contributed by atoms with Crippen LogP contribution in [0.3, 0.4) is 0 Å². The van der Waals surface area contributed by atoms with Gasteiger partial charge >= 0.3 is 0 Å². The van der Waals surface area contributed by atoms with Crippen LogP contribution in [-0.4, -0.2) is 19.6 Å². The minimum atomic E-state index is -0.395. The molecule has 27 heavy (non-hydrogen) atoms. The van der Waals surface area contributed by atoms with E-state index in [1.807, 2.05) is 38.1 Å². The van der Waals surface area contributed by atoms with Gasteiger partial charge in [-0.1, -0.05) is 18.2 Å². The molecule has 0 bridgehead atoms. The quantitative estimate of drug-likeness (QED) is 0.369. The monoisotopic (exact) mass is 482 g/mol. The predicted octanol–water partition coefficient (Wildman–Crippen LogP) is 4.14. The number of nitrogens with one attached hydrogen (secondary N) is 2. The molecular weight excluding hydrogens is 458 g/mol. The summed E-state index contributed by atoms with van der Waals surface area (Å²) in [5.41, 5.74) is 2.35. The first kappa shape index (κ1) is 22.7. The molecule has 0 aromatic heterocycles. The van der Waals surface area contributed by atoms with E-state index in [9.17, 15) is 4.39 Å². The van der Waals surface area contributed by atoms with Gasteiger partial charge in [-0.2, -0.15) is 5.26 Å². The molecule has 0 spiro atoms. The van der Waals surface area contributed by atoms with Crippen LogP contribution >= 0.6 is 24.0 Å². The number of hydrogen-bond acceptors (Lipinski definition) is 3. The van der Waals surface area contributed by atoms with Crippen molar-refractivity contribution in [1.82, 2.24) is 10.6 Å². The van der Waals surface area contributed by atoms with Gasteiger partial charge < -0.3 is 15.4 Å². The van der Waals surface area contributed by atoms with Gasteiger partial charge in [-0.15, -0.1) is 24.0 Å². The summed E-state index contributed by atoms with van der Waals surface area (Å²) in [6, 6.07) is 14.2. The van der Waals surface area contributed by atoms with Crippen LogP contribution in [0, 0.1) is 17.1 Å². The second kappa shape index (κ2) is 11.4. The Hall–Kier alpha value is -2.34. The van der Waals surface area contributed by atoms with E-state index in [1.165, 1.54) is 13.2 Å². The Kier molecular flexibility index (Phi) is 9.58. The number of ether oxygens (including phenoxy) is 1. The molecule has 2 aromatic rings. The van der Waals surface area contributed by atoms with Crippen LogP contribution in [0.4, 0.5) is 4.39 Å². The molecule has 0 amide bonds. The third-order valence-corrected chi connectivity index (χ3v) is 3.85. The Bertz CT molecular complexity index is 820. The van der Waals surface area contributed by atoms with E-state index >= 15 is 0 Å². The molecule has 0 aliphatic rings. The Labute approximate surface area is 176 Å². The number of rotatable bonds is 6. The highest BCUT2D eigenvalue weighted by molar-refractivity contribution is 14.0. The van der Waals surface area contributed by atoms with Crippen LogP contribution in [-0.2, 0) is 6.54 Å². The summed E-state index contributed by atoms with van der Waals surface area (Å²) in [6.45, 7) is 5.05. The fraction of sp³-hybridized carbons (Fsp3) is 0.300. The molecule has 1 unspecified atom stereocenters. The zero-order valence-electron chi connectivity index (χ0n) is 15.6. The lowest BCUT2D eigenvalue weighted by Crippen LogP contribution is -2.38. The minimum absolute atomic E-state index is 0. The van der Waals surface area contributed by atoms with Crippen LogP contribution < -0.4 is 15.4 Å². The van der Waals surface area contributed by atoms with E-state index in [0.717, 1.165) is 11.1 Å². The maximum absolute atomic E-state index is 13.9. The normalized spacial score (nSPS) is 11.7. The fourth-order valence-electron chi connectivity index (χ4n) is 2.47. The number of methoxy groups -OCH3 is 1. The first-order valence-electron chi connectivity index (χ1n) is 8.44. The van der Waals surface area contributed by atoms with Gasteiger partial charge in [0.05, 0.1) is 31.3 Å². The SMILES string of the molecule is CCNC(=NCc1cccc(C#N)c1)NC(C)c1ccc(OC)c(F)c1.I. The van der Waals surface area contributed by atoms with Crippen molar-refractivity contribution in [1.29, 1.82) is 5.26 Å². The van der Waals surface area contributed by atoms with Crippen molar-refractivity contribution in [2.75, 3.05) is 13.7 Å². The average Bonchev–Trinajstić information content (AvgIpc) is 2.66. The number of hydrogen-bond donors (Lipinski definition) is 2. The lowest BCUT2D eigenvalue weighted by Gasteiger charge is -2.18. The van der Waals surface area contributed by atoms with Gasteiger partial charge in [-0.05, 0) is 49.2 Å². The minimum Gasteiger partial charge on any atom is -0.494 e. The largest absolute Gasteiger partial charge is 0.494 e.